The Morgan fingerprint density at radius 1 is 1.41 bits per heavy atom. The molecule has 0 radical (unpaired) electrons. The highest BCUT2D eigenvalue weighted by atomic mass is 16.5. The quantitative estimate of drug-likeness (QED) is 0.793. The molecule has 96 valence electrons. The third kappa shape index (κ3) is 4.61. The van der Waals surface area contributed by atoms with Crippen molar-refractivity contribution in [1.29, 1.82) is 0 Å². The molecule has 4 heteroatoms. The van der Waals surface area contributed by atoms with E-state index in [-0.39, 0.29) is 5.60 Å². The standard InChI is InChI=1S/C13H22N2O2/c1-5-17-12-11(7-6-9-15-12)14-10-8-13(2,3)16-4/h6-7,9,14H,5,8,10H2,1-4H3. The first-order valence-corrected chi connectivity index (χ1v) is 5.96. The van der Waals surface area contributed by atoms with Gasteiger partial charge in [-0.05, 0) is 39.3 Å². The van der Waals surface area contributed by atoms with Crippen molar-refractivity contribution in [2.45, 2.75) is 32.8 Å². The minimum Gasteiger partial charge on any atom is -0.476 e. The molecule has 0 saturated carbocycles. The van der Waals surface area contributed by atoms with Crippen LogP contribution in [0.4, 0.5) is 5.69 Å². The number of hydrogen-bond acceptors (Lipinski definition) is 4. The van der Waals surface area contributed by atoms with Gasteiger partial charge in [0.05, 0.1) is 17.9 Å². The summed E-state index contributed by atoms with van der Waals surface area (Å²) in [6.45, 7) is 7.54. The number of pyridine rings is 1. The number of nitrogens with one attached hydrogen (secondary N) is 1. The molecule has 1 N–H and O–H groups in total. The SMILES string of the molecule is CCOc1ncccc1NCCC(C)(C)OC. The molecule has 1 heterocycles. The summed E-state index contributed by atoms with van der Waals surface area (Å²) in [4.78, 5) is 4.19. The van der Waals surface area contributed by atoms with E-state index in [1.54, 1.807) is 13.3 Å². The summed E-state index contributed by atoms with van der Waals surface area (Å²) in [5.74, 6) is 0.658. The van der Waals surface area contributed by atoms with Crippen LogP contribution in [0.25, 0.3) is 0 Å². The smallest absolute Gasteiger partial charge is 0.237 e. The second-order valence-electron chi connectivity index (χ2n) is 4.43. The number of anilines is 1. The van der Waals surface area contributed by atoms with E-state index in [0.717, 1.165) is 18.7 Å². The highest BCUT2D eigenvalue weighted by Gasteiger charge is 2.15. The van der Waals surface area contributed by atoms with Gasteiger partial charge in [-0.3, -0.25) is 0 Å². The minimum absolute atomic E-state index is 0.110. The number of methoxy groups -OCH3 is 1. The van der Waals surface area contributed by atoms with E-state index < -0.39 is 0 Å². The zero-order valence-corrected chi connectivity index (χ0v) is 11.1. The van der Waals surface area contributed by atoms with Crippen LogP contribution in [0.1, 0.15) is 27.2 Å². The van der Waals surface area contributed by atoms with E-state index in [0.29, 0.717) is 12.5 Å². The van der Waals surface area contributed by atoms with Gasteiger partial charge in [0.15, 0.2) is 0 Å². The highest BCUT2D eigenvalue weighted by molar-refractivity contribution is 5.51. The van der Waals surface area contributed by atoms with E-state index >= 15 is 0 Å². The van der Waals surface area contributed by atoms with Gasteiger partial charge in [-0.2, -0.15) is 0 Å². The average molecular weight is 238 g/mol. The molecule has 0 aliphatic carbocycles. The van der Waals surface area contributed by atoms with Crippen LogP contribution < -0.4 is 10.1 Å². The summed E-state index contributed by atoms with van der Waals surface area (Å²) in [5, 5.41) is 3.32. The van der Waals surface area contributed by atoms with E-state index in [2.05, 4.69) is 24.1 Å². The molecule has 0 aliphatic heterocycles. The largest absolute Gasteiger partial charge is 0.476 e. The Labute approximate surface area is 103 Å². The minimum atomic E-state index is -0.110. The van der Waals surface area contributed by atoms with E-state index in [1.165, 1.54) is 0 Å². The summed E-state index contributed by atoms with van der Waals surface area (Å²) in [7, 11) is 1.73. The van der Waals surface area contributed by atoms with Gasteiger partial charge in [-0.15, -0.1) is 0 Å². The summed E-state index contributed by atoms with van der Waals surface area (Å²) < 4.78 is 10.8. The third-order valence-corrected chi connectivity index (χ3v) is 2.65. The van der Waals surface area contributed by atoms with Crippen molar-refractivity contribution >= 4 is 5.69 Å². The van der Waals surface area contributed by atoms with Crippen molar-refractivity contribution in [1.82, 2.24) is 4.98 Å². The number of rotatable bonds is 7. The highest BCUT2D eigenvalue weighted by Crippen LogP contribution is 2.21. The fourth-order valence-corrected chi connectivity index (χ4v) is 1.38. The third-order valence-electron chi connectivity index (χ3n) is 2.65. The molecule has 0 aromatic carbocycles. The lowest BCUT2D eigenvalue weighted by molar-refractivity contribution is 0.0184. The lowest BCUT2D eigenvalue weighted by atomic mass is 10.1. The zero-order valence-electron chi connectivity index (χ0n) is 11.1. The topological polar surface area (TPSA) is 43.4 Å². The van der Waals surface area contributed by atoms with Crippen LogP contribution in [0.3, 0.4) is 0 Å². The van der Waals surface area contributed by atoms with Crippen LogP contribution in [0.15, 0.2) is 18.3 Å². The van der Waals surface area contributed by atoms with Gasteiger partial charge in [0.25, 0.3) is 0 Å². The maximum atomic E-state index is 5.44. The van der Waals surface area contributed by atoms with Gasteiger partial charge in [-0.25, -0.2) is 4.98 Å². The summed E-state index contributed by atoms with van der Waals surface area (Å²) in [6.07, 6.45) is 2.65. The van der Waals surface area contributed by atoms with Gasteiger partial charge in [0.1, 0.15) is 0 Å². The molecule has 0 bridgehead atoms. The molecule has 0 fully saturated rings. The van der Waals surface area contributed by atoms with Crippen molar-refractivity contribution in [3.8, 4) is 5.88 Å². The Hall–Kier alpha value is -1.29. The molecule has 0 unspecified atom stereocenters. The second kappa shape index (κ2) is 6.45. The van der Waals surface area contributed by atoms with Gasteiger partial charge in [0.2, 0.25) is 5.88 Å². The maximum Gasteiger partial charge on any atom is 0.237 e. The van der Waals surface area contributed by atoms with Crippen LogP contribution in [-0.4, -0.2) is 30.8 Å². The van der Waals surface area contributed by atoms with Crippen molar-refractivity contribution < 1.29 is 9.47 Å². The van der Waals surface area contributed by atoms with Crippen LogP contribution >= 0.6 is 0 Å². The van der Waals surface area contributed by atoms with Crippen LogP contribution in [0, 0.1) is 0 Å². The molecule has 0 saturated heterocycles. The molecule has 0 spiro atoms. The predicted molar refractivity (Wildman–Crippen MR) is 69.6 cm³/mol. The molecule has 1 rings (SSSR count). The van der Waals surface area contributed by atoms with Crippen molar-refractivity contribution in [2.75, 3.05) is 25.6 Å². The Balaban J connectivity index is 2.51. The van der Waals surface area contributed by atoms with Crippen molar-refractivity contribution in [2.24, 2.45) is 0 Å². The van der Waals surface area contributed by atoms with Crippen LogP contribution in [-0.2, 0) is 4.74 Å². The van der Waals surface area contributed by atoms with E-state index in [1.807, 2.05) is 19.1 Å². The molecular weight excluding hydrogens is 216 g/mol. The Morgan fingerprint density at radius 3 is 2.82 bits per heavy atom. The maximum absolute atomic E-state index is 5.44. The first-order chi connectivity index (χ1) is 8.09. The summed E-state index contributed by atoms with van der Waals surface area (Å²) in [5.41, 5.74) is 0.822. The summed E-state index contributed by atoms with van der Waals surface area (Å²) >= 11 is 0. The van der Waals surface area contributed by atoms with Crippen molar-refractivity contribution in [3.05, 3.63) is 18.3 Å². The number of ether oxygens (including phenoxy) is 2. The Bertz CT molecular complexity index is 340. The van der Waals surface area contributed by atoms with Gasteiger partial charge in [0, 0.05) is 19.9 Å². The van der Waals surface area contributed by atoms with Gasteiger partial charge < -0.3 is 14.8 Å². The van der Waals surface area contributed by atoms with Crippen molar-refractivity contribution in [3.63, 3.8) is 0 Å². The number of hydrogen-bond donors (Lipinski definition) is 1. The fraction of sp³-hybridized carbons (Fsp3) is 0.615. The molecule has 0 aliphatic rings. The van der Waals surface area contributed by atoms with Crippen LogP contribution in [0.5, 0.6) is 5.88 Å². The summed E-state index contributed by atoms with van der Waals surface area (Å²) in [6, 6.07) is 3.87. The molecule has 0 atom stereocenters. The lowest BCUT2D eigenvalue weighted by Crippen LogP contribution is -2.25. The average Bonchev–Trinajstić information content (AvgIpc) is 2.31. The molecule has 17 heavy (non-hydrogen) atoms. The Morgan fingerprint density at radius 2 is 2.18 bits per heavy atom. The molecule has 0 amide bonds. The number of aromatic nitrogens is 1. The molecule has 1 aromatic heterocycles. The van der Waals surface area contributed by atoms with E-state index in [9.17, 15) is 0 Å². The monoisotopic (exact) mass is 238 g/mol. The predicted octanol–water partition coefficient (Wildman–Crippen LogP) is 2.71. The van der Waals surface area contributed by atoms with Gasteiger partial charge in [-0.1, -0.05) is 0 Å². The second-order valence-corrected chi connectivity index (χ2v) is 4.43. The normalized spacial score (nSPS) is 11.3. The Kier molecular flexibility index (Phi) is 5.22. The fourth-order valence-electron chi connectivity index (χ4n) is 1.38. The first-order valence-electron chi connectivity index (χ1n) is 5.96. The molecular formula is C13H22N2O2. The molecule has 1 aromatic rings. The van der Waals surface area contributed by atoms with Gasteiger partial charge >= 0.3 is 0 Å². The van der Waals surface area contributed by atoms with E-state index in [4.69, 9.17) is 9.47 Å². The zero-order chi connectivity index (χ0) is 12.7. The lowest BCUT2D eigenvalue weighted by Gasteiger charge is -2.23. The van der Waals surface area contributed by atoms with Crippen LogP contribution in [0.2, 0.25) is 0 Å². The molecule has 4 nitrogen and oxygen atoms in total. The number of nitrogens with zero attached hydrogens (tertiary/aromatic N) is 1. The first kappa shape index (κ1) is 13.8.